The van der Waals surface area contributed by atoms with Crippen molar-refractivity contribution in [3.63, 3.8) is 0 Å². The molecule has 0 saturated heterocycles. The highest BCUT2D eigenvalue weighted by Crippen LogP contribution is 2.05. The van der Waals surface area contributed by atoms with Crippen LogP contribution in [0.15, 0.2) is 12.4 Å². The fourth-order valence-corrected chi connectivity index (χ4v) is 1.28. The van der Waals surface area contributed by atoms with Crippen LogP contribution in [0.25, 0.3) is 0 Å². The Balaban J connectivity index is 2.62. The molecule has 0 bridgehead atoms. The van der Waals surface area contributed by atoms with Crippen LogP contribution in [-0.2, 0) is 6.42 Å². The van der Waals surface area contributed by atoms with Crippen LogP contribution in [0.4, 0.5) is 5.95 Å². The van der Waals surface area contributed by atoms with Gasteiger partial charge >= 0.3 is 0 Å². The van der Waals surface area contributed by atoms with Gasteiger partial charge in [0, 0.05) is 26.0 Å². The van der Waals surface area contributed by atoms with Crippen molar-refractivity contribution in [2.75, 3.05) is 25.0 Å². The third kappa shape index (κ3) is 2.96. The maximum absolute atomic E-state index is 5.44. The molecule has 4 nitrogen and oxygen atoms in total. The maximum atomic E-state index is 5.44. The van der Waals surface area contributed by atoms with Gasteiger partial charge < -0.3 is 10.6 Å². The SMILES string of the molecule is CCCN(C)c1ncc(CCN)cn1. The Morgan fingerprint density at radius 2 is 2.00 bits per heavy atom. The van der Waals surface area contributed by atoms with Crippen molar-refractivity contribution in [2.24, 2.45) is 5.73 Å². The second kappa shape index (κ2) is 5.54. The molecule has 14 heavy (non-hydrogen) atoms. The van der Waals surface area contributed by atoms with E-state index in [0.29, 0.717) is 6.54 Å². The van der Waals surface area contributed by atoms with Gasteiger partial charge in [0.2, 0.25) is 5.95 Å². The molecule has 0 unspecified atom stereocenters. The van der Waals surface area contributed by atoms with E-state index >= 15 is 0 Å². The van der Waals surface area contributed by atoms with Crippen molar-refractivity contribution in [1.29, 1.82) is 0 Å². The van der Waals surface area contributed by atoms with Gasteiger partial charge in [-0.15, -0.1) is 0 Å². The molecule has 4 heteroatoms. The molecule has 0 aliphatic heterocycles. The zero-order chi connectivity index (χ0) is 10.4. The number of hydrogen-bond acceptors (Lipinski definition) is 4. The highest BCUT2D eigenvalue weighted by atomic mass is 15.2. The molecule has 0 aliphatic rings. The van der Waals surface area contributed by atoms with Crippen molar-refractivity contribution in [3.8, 4) is 0 Å². The third-order valence-electron chi connectivity index (χ3n) is 2.03. The van der Waals surface area contributed by atoms with E-state index in [1.165, 1.54) is 0 Å². The highest BCUT2D eigenvalue weighted by Gasteiger charge is 2.01. The number of hydrogen-bond donors (Lipinski definition) is 1. The fraction of sp³-hybridized carbons (Fsp3) is 0.600. The van der Waals surface area contributed by atoms with Gasteiger partial charge in [-0.25, -0.2) is 9.97 Å². The van der Waals surface area contributed by atoms with Crippen LogP contribution in [0.3, 0.4) is 0 Å². The summed E-state index contributed by atoms with van der Waals surface area (Å²) < 4.78 is 0. The van der Waals surface area contributed by atoms with E-state index in [0.717, 1.165) is 30.9 Å². The standard InChI is InChI=1S/C10H18N4/c1-3-6-14(2)10-12-7-9(4-5-11)8-13-10/h7-8H,3-6,11H2,1-2H3. The van der Waals surface area contributed by atoms with Gasteiger partial charge in [0.1, 0.15) is 0 Å². The van der Waals surface area contributed by atoms with Crippen LogP contribution in [-0.4, -0.2) is 30.1 Å². The first-order chi connectivity index (χ1) is 6.77. The molecule has 1 aromatic heterocycles. The summed E-state index contributed by atoms with van der Waals surface area (Å²) in [5, 5.41) is 0. The van der Waals surface area contributed by atoms with Crippen LogP contribution in [0.2, 0.25) is 0 Å². The first-order valence-corrected chi connectivity index (χ1v) is 5.00. The predicted molar refractivity (Wildman–Crippen MR) is 58.4 cm³/mol. The molecule has 0 radical (unpaired) electrons. The zero-order valence-corrected chi connectivity index (χ0v) is 8.90. The lowest BCUT2D eigenvalue weighted by atomic mass is 10.2. The molecule has 2 N–H and O–H groups in total. The zero-order valence-electron chi connectivity index (χ0n) is 8.90. The van der Waals surface area contributed by atoms with Gasteiger partial charge in [-0.2, -0.15) is 0 Å². The molecule has 0 saturated carbocycles. The fourth-order valence-electron chi connectivity index (χ4n) is 1.28. The Labute approximate surface area is 85.2 Å². The summed E-state index contributed by atoms with van der Waals surface area (Å²) in [4.78, 5) is 10.6. The first-order valence-electron chi connectivity index (χ1n) is 5.00. The van der Waals surface area contributed by atoms with E-state index in [2.05, 4.69) is 16.9 Å². The van der Waals surface area contributed by atoms with Crippen molar-refractivity contribution >= 4 is 5.95 Å². The van der Waals surface area contributed by atoms with E-state index in [4.69, 9.17) is 5.73 Å². The number of aromatic nitrogens is 2. The number of nitrogens with two attached hydrogens (primary N) is 1. The molecule has 0 fully saturated rings. The number of rotatable bonds is 5. The highest BCUT2D eigenvalue weighted by molar-refractivity contribution is 5.28. The summed E-state index contributed by atoms with van der Waals surface area (Å²) in [5.41, 5.74) is 6.54. The van der Waals surface area contributed by atoms with E-state index in [9.17, 15) is 0 Å². The van der Waals surface area contributed by atoms with Crippen LogP contribution in [0.1, 0.15) is 18.9 Å². The topological polar surface area (TPSA) is 55.0 Å². The van der Waals surface area contributed by atoms with Gasteiger partial charge in [-0.3, -0.25) is 0 Å². The van der Waals surface area contributed by atoms with Crippen LogP contribution < -0.4 is 10.6 Å². The molecular formula is C10H18N4. The van der Waals surface area contributed by atoms with Crippen molar-refractivity contribution < 1.29 is 0 Å². The normalized spacial score (nSPS) is 10.2. The Morgan fingerprint density at radius 3 is 2.50 bits per heavy atom. The second-order valence-corrected chi connectivity index (χ2v) is 3.35. The summed E-state index contributed by atoms with van der Waals surface area (Å²) in [7, 11) is 2.00. The minimum absolute atomic E-state index is 0.646. The first kappa shape index (κ1) is 10.9. The Kier molecular flexibility index (Phi) is 4.32. The summed E-state index contributed by atoms with van der Waals surface area (Å²) in [6, 6.07) is 0. The molecule has 78 valence electrons. The lowest BCUT2D eigenvalue weighted by Gasteiger charge is -2.15. The molecule has 0 atom stereocenters. The summed E-state index contributed by atoms with van der Waals surface area (Å²) in [5.74, 6) is 0.785. The average molecular weight is 194 g/mol. The number of nitrogens with zero attached hydrogens (tertiary/aromatic N) is 3. The van der Waals surface area contributed by atoms with Crippen LogP contribution in [0.5, 0.6) is 0 Å². The van der Waals surface area contributed by atoms with Gasteiger partial charge in [0.15, 0.2) is 0 Å². The van der Waals surface area contributed by atoms with Gasteiger partial charge in [0.25, 0.3) is 0 Å². The van der Waals surface area contributed by atoms with Crippen LogP contribution >= 0.6 is 0 Å². The van der Waals surface area contributed by atoms with Crippen molar-refractivity contribution in [2.45, 2.75) is 19.8 Å². The Morgan fingerprint density at radius 1 is 1.36 bits per heavy atom. The monoisotopic (exact) mass is 194 g/mol. The smallest absolute Gasteiger partial charge is 0.224 e. The van der Waals surface area contributed by atoms with Gasteiger partial charge in [-0.1, -0.05) is 6.92 Å². The largest absolute Gasteiger partial charge is 0.344 e. The predicted octanol–water partition coefficient (Wildman–Crippen LogP) is 0.824. The molecule has 0 spiro atoms. The molecular weight excluding hydrogens is 176 g/mol. The minimum atomic E-state index is 0.646. The third-order valence-corrected chi connectivity index (χ3v) is 2.03. The molecule has 1 aromatic rings. The van der Waals surface area contributed by atoms with E-state index < -0.39 is 0 Å². The van der Waals surface area contributed by atoms with Gasteiger partial charge in [-0.05, 0) is 24.9 Å². The lowest BCUT2D eigenvalue weighted by molar-refractivity contribution is 0.813. The second-order valence-electron chi connectivity index (χ2n) is 3.35. The summed E-state index contributed by atoms with van der Waals surface area (Å²) >= 11 is 0. The molecule has 1 rings (SSSR count). The molecule has 0 amide bonds. The Bertz CT molecular complexity index is 257. The average Bonchev–Trinajstić information content (AvgIpc) is 2.20. The summed E-state index contributed by atoms with van der Waals surface area (Å²) in [6.45, 7) is 3.77. The molecule has 0 aromatic carbocycles. The minimum Gasteiger partial charge on any atom is -0.344 e. The van der Waals surface area contributed by atoms with E-state index in [-0.39, 0.29) is 0 Å². The molecule has 1 heterocycles. The molecule has 0 aliphatic carbocycles. The van der Waals surface area contributed by atoms with E-state index in [1.54, 1.807) is 0 Å². The lowest BCUT2D eigenvalue weighted by Crippen LogP contribution is -2.20. The quantitative estimate of drug-likeness (QED) is 0.754. The van der Waals surface area contributed by atoms with Crippen LogP contribution in [0, 0.1) is 0 Å². The maximum Gasteiger partial charge on any atom is 0.224 e. The van der Waals surface area contributed by atoms with Gasteiger partial charge in [0.05, 0.1) is 0 Å². The van der Waals surface area contributed by atoms with Crippen molar-refractivity contribution in [1.82, 2.24) is 9.97 Å². The van der Waals surface area contributed by atoms with E-state index in [1.807, 2.05) is 24.3 Å². The Hall–Kier alpha value is -1.16. The summed E-state index contributed by atoms with van der Waals surface area (Å²) in [6.07, 6.45) is 5.64. The van der Waals surface area contributed by atoms with Crippen molar-refractivity contribution in [3.05, 3.63) is 18.0 Å². The number of anilines is 1.